The third-order valence-electron chi connectivity index (χ3n) is 6.28. The fourth-order valence-electron chi connectivity index (χ4n) is 4.60. The fourth-order valence-corrected chi connectivity index (χ4v) is 6.58. The number of ether oxygens (including phenoxy) is 1. The summed E-state index contributed by atoms with van der Waals surface area (Å²) < 4.78 is 6.65. The van der Waals surface area contributed by atoms with Gasteiger partial charge in [-0.1, -0.05) is 48.5 Å². The predicted molar refractivity (Wildman–Crippen MR) is 135 cm³/mol. The topological polar surface area (TPSA) is 75.7 Å². The van der Waals surface area contributed by atoms with Gasteiger partial charge in [-0.15, -0.1) is 11.3 Å². The normalized spacial score (nSPS) is 20.8. The van der Waals surface area contributed by atoms with E-state index in [0.717, 1.165) is 34.2 Å². The molecule has 2 saturated heterocycles. The number of carbonyl (C=O) groups is 3. The first-order chi connectivity index (χ1) is 16.6. The highest BCUT2D eigenvalue weighted by atomic mass is 32.2. The molecule has 0 aliphatic carbocycles. The first kappa shape index (κ1) is 23.1. The maximum Gasteiger partial charge on any atom is 0.262 e. The van der Waals surface area contributed by atoms with Crippen LogP contribution in [0.2, 0.25) is 0 Å². The standard InChI is InChI=1S/C26H26N2O4S2/c29-20-14-32-21-10-6-12-28(24(20)21)26(31)19(16-33-15-17-7-2-1-3-8-17)27-25(30)23-13-18-9-4-5-11-22(18)34-23/h1-5,7-9,11,13,19,21,24H,6,10,12,14-16H2,(H,27,30). The number of hydrogen-bond donors (Lipinski definition) is 1. The number of piperidine rings is 1. The molecule has 3 unspecified atom stereocenters. The van der Waals surface area contributed by atoms with Gasteiger partial charge in [0.15, 0.2) is 5.78 Å². The lowest BCUT2D eigenvalue weighted by molar-refractivity contribution is -0.141. The Hall–Kier alpha value is -2.68. The van der Waals surface area contributed by atoms with Crippen LogP contribution in [0.4, 0.5) is 0 Å². The fraction of sp³-hybridized carbons (Fsp3) is 0.346. The molecular weight excluding hydrogens is 468 g/mol. The molecule has 5 rings (SSSR count). The van der Waals surface area contributed by atoms with Crippen LogP contribution in [-0.4, -0.2) is 59.6 Å². The zero-order valence-corrected chi connectivity index (χ0v) is 20.3. The van der Waals surface area contributed by atoms with Gasteiger partial charge in [0.1, 0.15) is 18.7 Å². The maximum atomic E-state index is 13.7. The van der Waals surface area contributed by atoms with E-state index in [2.05, 4.69) is 5.32 Å². The van der Waals surface area contributed by atoms with Gasteiger partial charge in [0.25, 0.3) is 5.91 Å². The van der Waals surface area contributed by atoms with Crippen LogP contribution in [0.5, 0.6) is 0 Å². The van der Waals surface area contributed by atoms with Crippen LogP contribution in [-0.2, 0) is 20.1 Å². The number of hydrogen-bond acceptors (Lipinski definition) is 6. The molecule has 34 heavy (non-hydrogen) atoms. The summed E-state index contributed by atoms with van der Waals surface area (Å²) in [6, 6.07) is 18.5. The van der Waals surface area contributed by atoms with Crippen LogP contribution in [0.3, 0.4) is 0 Å². The van der Waals surface area contributed by atoms with Crippen molar-refractivity contribution < 1.29 is 19.1 Å². The lowest BCUT2D eigenvalue weighted by Gasteiger charge is -2.37. The van der Waals surface area contributed by atoms with Gasteiger partial charge in [-0.05, 0) is 35.9 Å². The smallest absolute Gasteiger partial charge is 0.262 e. The molecule has 2 aromatic carbocycles. The number of likely N-dealkylation sites (tertiary alicyclic amines) is 1. The molecule has 6 nitrogen and oxygen atoms in total. The molecule has 8 heteroatoms. The minimum atomic E-state index is -0.724. The molecule has 0 spiro atoms. The van der Waals surface area contributed by atoms with Crippen molar-refractivity contribution in [2.75, 3.05) is 18.9 Å². The van der Waals surface area contributed by atoms with Crippen LogP contribution >= 0.6 is 23.1 Å². The third kappa shape index (κ3) is 4.89. The Morgan fingerprint density at radius 2 is 1.94 bits per heavy atom. The number of ketones is 1. The van der Waals surface area contributed by atoms with Crippen molar-refractivity contribution in [3.8, 4) is 0 Å². The van der Waals surface area contributed by atoms with Crippen molar-refractivity contribution in [3.05, 3.63) is 71.1 Å². The average Bonchev–Trinajstić information content (AvgIpc) is 3.47. The highest BCUT2D eigenvalue weighted by molar-refractivity contribution is 7.98. The van der Waals surface area contributed by atoms with E-state index in [1.165, 1.54) is 11.3 Å². The predicted octanol–water partition coefficient (Wildman–Crippen LogP) is 3.89. The largest absolute Gasteiger partial charge is 0.368 e. The molecule has 2 fully saturated rings. The molecule has 2 amide bonds. The number of fused-ring (bicyclic) bond motifs is 2. The first-order valence-corrected chi connectivity index (χ1v) is 13.4. The summed E-state index contributed by atoms with van der Waals surface area (Å²) in [7, 11) is 0. The van der Waals surface area contributed by atoms with Gasteiger partial charge < -0.3 is 15.0 Å². The molecule has 2 aliphatic rings. The third-order valence-corrected chi connectivity index (χ3v) is 8.50. The Kier molecular flexibility index (Phi) is 6.99. The quantitative estimate of drug-likeness (QED) is 0.539. The average molecular weight is 495 g/mol. The summed E-state index contributed by atoms with van der Waals surface area (Å²) in [5.74, 6) is 0.640. The van der Waals surface area contributed by atoms with Crippen LogP contribution in [0.1, 0.15) is 28.1 Å². The van der Waals surface area contributed by atoms with Gasteiger partial charge in [0.05, 0.1) is 11.0 Å². The summed E-state index contributed by atoms with van der Waals surface area (Å²) in [5, 5.41) is 3.99. The van der Waals surface area contributed by atoms with Crippen LogP contribution in [0.15, 0.2) is 60.7 Å². The number of nitrogens with one attached hydrogen (secondary N) is 1. The van der Waals surface area contributed by atoms with Crippen molar-refractivity contribution in [1.82, 2.24) is 10.2 Å². The Balaban J connectivity index is 1.34. The van der Waals surface area contributed by atoms with Gasteiger partial charge in [0.2, 0.25) is 5.91 Å². The van der Waals surface area contributed by atoms with E-state index in [0.29, 0.717) is 17.2 Å². The molecule has 1 N–H and O–H groups in total. The maximum absolute atomic E-state index is 13.7. The molecule has 2 aliphatic heterocycles. The van der Waals surface area contributed by atoms with E-state index in [9.17, 15) is 14.4 Å². The van der Waals surface area contributed by atoms with Gasteiger partial charge >= 0.3 is 0 Å². The number of thioether (sulfide) groups is 1. The van der Waals surface area contributed by atoms with Gasteiger partial charge in [-0.2, -0.15) is 11.8 Å². The summed E-state index contributed by atoms with van der Waals surface area (Å²) in [5.41, 5.74) is 1.16. The van der Waals surface area contributed by atoms with Crippen LogP contribution in [0, 0.1) is 0 Å². The van der Waals surface area contributed by atoms with Gasteiger partial charge in [0, 0.05) is 22.8 Å². The molecular formula is C26H26N2O4S2. The lowest BCUT2D eigenvalue weighted by Crippen LogP contribution is -2.58. The SMILES string of the molecule is O=C(NC(CSCc1ccccc1)C(=O)N1CCCC2OCC(=O)C21)c1cc2ccccc2s1. The number of nitrogens with zero attached hydrogens (tertiary/aromatic N) is 1. The van der Waals surface area contributed by atoms with Crippen molar-refractivity contribution in [2.45, 2.75) is 36.8 Å². The van der Waals surface area contributed by atoms with E-state index in [4.69, 9.17) is 4.74 Å². The highest BCUT2D eigenvalue weighted by Gasteiger charge is 2.45. The monoisotopic (exact) mass is 494 g/mol. The second-order valence-corrected chi connectivity index (χ2v) is 10.7. The van der Waals surface area contributed by atoms with Crippen molar-refractivity contribution in [3.63, 3.8) is 0 Å². The van der Waals surface area contributed by atoms with Gasteiger partial charge in [-0.25, -0.2) is 0 Å². The number of carbonyl (C=O) groups excluding carboxylic acids is 3. The molecule has 0 radical (unpaired) electrons. The van der Waals surface area contributed by atoms with Gasteiger partial charge in [-0.3, -0.25) is 14.4 Å². The van der Waals surface area contributed by atoms with E-state index in [1.54, 1.807) is 16.7 Å². The summed E-state index contributed by atoms with van der Waals surface area (Å²) in [4.78, 5) is 41.5. The number of Topliss-reactive ketones (excluding diaryl/α,β-unsaturated/α-hetero) is 1. The Bertz CT molecular complexity index is 1160. The minimum Gasteiger partial charge on any atom is -0.368 e. The number of benzene rings is 2. The van der Waals surface area contributed by atoms with E-state index in [1.807, 2.05) is 60.7 Å². The van der Waals surface area contributed by atoms with Crippen LogP contribution < -0.4 is 5.32 Å². The second kappa shape index (κ2) is 10.3. The van der Waals surface area contributed by atoms with Crippen molar-refractivity contribution >= 4 is 50.8 Å². The second-order valence-electron chi connectivity index (χ2n) is 8.61. The number of rotatable bonds is 7. The Morgan fingerprint density at radius 1 is 1.15 bits per heavy atom. The molecule has 0 bridgehead atoms. The number of thiophene rings is 1. The summed E-state index contributed by atoms with van der Waals surface area (Å²) in [6.45, 7) is 0.564. The van der Waals surface area contributed by atoms with E-state index in [-0.39, 0.29) is 30.3 Å². The molecule has 3 aromatic rings. The summed E-state index contributed by atoms with van der Waals surface area (Å²) >= 11 is 3.01. The number of amides is 2. The van der Waals surface area contributed by atoms with Crippen molar-refractivity contribution in [1.29, 1.82) is 0 Å². The van der Waals surface area contributed by atoms with E-state index >= 15 is 0 Å². The van der Waals surface area contributed by atoms with Crippen LogP contribution in [0.25, 0.3) is 10.1 Å². The van der Waals surface area contributed by atoms with E-state index < -0.39 is 12.1 Å². The first-order valence-electron chi connectivity index (χ1n) is 11.5. The Labute approximate surface area is 206 Å². The lowest BCUT2D eigenvalue weighted by atomic mass is 9.97. The molecule has 1 aromatic heterocycles. The summed E-state index contributed by atoms with van der Waals surface area (Å²) in [6.07, 6.45) is 1.33. The molecule has 0 saturated carbocycles. The molecule has 3 atom stereocenters. The zero-order chi connectivity index (χ0) is 23.5. The Morgan fingerprint density at radius 3 is 2.76 bits per heavy atom. The molecule has 176 valence electrons. The zero-order valence-electron chi connectivity index (χ0n) is 18.6. The highest BCUT2D eigenvalue weighted by Crippen LogP contribution is 2.28. The minimum absolute atomic E-state index is 0.0513. The van der Waals surface area contributed by atoms with Crippen molar-refractivity contribution in [2.24, 2.45) is 0 Å². The molecule has 3 heterocycles.